The molecule has 0 aliphatic rings. The molecule has 2 aromatic rings. The van der Waals surface area contributed by atoms with Crippen LogP contribution < -0.4 is 11.1 Å². The third-order valence-electron chi connectivity index (χ3n) is 2.85. The number of benzene rings is 1. The Hall–Kier alpha value is -2.10. The fraction of sp³-hybridized carbons (Fsp3) is 0.286. The van der Waals surface area contributed by atoms with Gasteiger partial charge in [-0.3, -0.25) is 0 Å². The highest BCUT2D eigenvalue weighted by atomic mass is 15.0. The molecule has 1 aromatic carbocycles. The van der Waals surface area contributed by atoms with Crippen LogP contribution in [0, 0.1) is 13.8 Å². The third kappa shape index (κ3) is 2.77. The molecule has 0 aliphatic carbocycles. The van der Waals surface area contributed by atoms with Crippen LogP contribution in [0.3, 0.4) is 0 Å². The van der Waals surface area contributed by atoms with Crippen molar-refractivity contribution in [3.05, 3.63) is 41.2 Å². The maximum Gasteiger partial charge on any atom is 0.136 e. The first-order valence-electron chi connectivity index (χ1n) is 6.06. The Morgan fingerprint density at radius 3 is 2.56 bits per heavy atom. The van der Waals surface area contributed by atoms with Crippen molar-refractivity contribution in [2.45, 2.75) is 27.2 Å². The molecule has 1 aromatic heterocycles. The summed E-state index contributed by atoms with van der Waals surface area (Å²) < 4.78 is 0. The molecular weight excluding hydrogens is 224 g/mol. The third-order valence-corrected chi connectivity index (χ3v) is 2.85. The number of aromatic nitrogens is 2. The molecule has 0 atom stereocenters. The number of hydrogen-bond donors (Lipinski definition) is 2. The number of nitrogens with two attached hydrogens (primary N) is 1. The van der Waals surface area contributed by atoms with E-state index < -0.39 is 0 Å². The van der Waals surface area contributed by atoms with Crippen LogP contribution >= 0.6 is 0 Å². The molecule has 0 spiro atoms. The van der Waals surface area contributed by atoms with Gasteiger partial charge in [0.25, 0.3) is 0 Å². The zero-order valence-electron chi connectivity index (χ0n) is 11.0. The van der Waals surface area contributed by atoms with Crippen LogP contribution in [0.4, 0.5) is 17.3 Å². The first kappa shape index (κ1) is 12.4. The fourth-order valence-corrected chi connectivity index (χ4v) is 1.97. The first-order chi connectivity index (χ1) is 8.58. The van der Waals surface area contributed by atoms with Gasteiger partial charge in [0.05, 0.1) is 0 Å². The average Bonchev–Trinajstić information content (AvgIpc) is 2.27. The van der Waals surface area contributed by atoms with Gasteiger partial charge >= 0.3 is 0 Å². The lowest BCUT2D eigenvalue weighted by atomic mass is 10.1. The minimum Gasteiger partial charge on any atom is -0.384 e. The SMILES string of the molecule is CCc1ccc(Nc2cc(N)nc(C)n2)cc1C. The Kier molecular flexibility index (Phi) is 3.46. The van der Waals surface area contributed by atoms with Gasteiger partial charge in [-0.05, 0) is 43.5 Å². The summed E-state index contributed by atoms with van der Waals surface area (Å²) in [5.41, 5.74) is 9.35. The summed E-state index contributed by atoms with van der Waals surface area (Å²) in [6.07, 6.45) is 1.05. The zero-order valence-corrected chi connectivity index (χ0v) is 11.0. The molecule has 18 heavy (non-hydrogen) atoms. The van der Waals surface area contributed by atoms with Crippen LogP contribution in [-0.2, 0) is 6.42 Å². The Labute approximate surface area is 107 Å². The quantitative estimate of drug-likeness (QED) is 0.868. The van der Waals surface area contributed by atoms with Gasteiger partial charge in [0, 0.05) is 11.8 Å². The molecule has 0 unspecified atom stereocenters. The van der Waals surface area contributed by atoms with Crippen LogP contribution in [0.5, 0.6) is 0 Å². The van der Waals surface area contributed by atoms with E-state index >= 15 is 0 Å². The number of aryl methyl sites for hydroxylation is 3. The van der Waals surface area contributed by atoms with Gasteiger partial charge in [-0.15, -0.1) is 0 Å². The van der Waals surface area contributed by atoms with E-state index in [0.717, 1.165) is 17.9 Å². The molecule has 0 saturated heterocycles. The predicted molar refractivity (Wildman–Crippen MR) is 75.0 cm³/mol. The molecule has 3 N–H and O–H groups in total. The van der Waals surface area contributed by atoms with E-state index in [-0.39, 0.29) is 0 Å². The molecular formula is C14H18N4. The summed E-state index contributed by atoms with van der Waals surface area (Å²) in [5, 5.41) is 3.25. The van der Waals surface area contributed by atoms with E-state index in [4.69, 9.17) is 5.73 Å². The lowest BCUT2D eigenvalue weighted by molar-refractivity contribution is 1.06. The van der Waals surface area contributed by atoms with E-state index in [9.17, 15) is 0 Å². The highest BCUT2D eigenvalue weighted by Crippen LogP contribution is 2.20. The molecule has 0 aliphatic heterocycles. The van der Waals surface area contributed by atoms with Crippen molar-refractivity contribution in [3.63, 3.8) is 0 Å². The van der Waals surface area contributed by atoms with Crippen LogP contribution in [0.1, 0.15) is 23.9 Å². The summed E-state index contributed by atoms with van der Waals surface area (Å²) in [6, 6.07) is 8.04. The van der Waals surface area contributed by atoms with Gasteiger partial charge in [0.15, 0.2) is 0 Å². The molecule has 0 fully saturated rings. The second-order valence-electron chi connectivity index (χ2n) is 4.35. The van der Waals surface area contributed by atoms with Crippen molar-refractivity contribution >= 4 is 17.3 Å². The van der Waals surface area contributed by atoms with Crippen LogP contribution in [0.25, 0.3) is 0 Å². The minimum atomic E-state index is 0.479. The highest BCUT2D eigenvalue weighted by molar-refractivity contribution is 5.60. The first-order valence-corrected chi connectivity index (χ1v) is 6.06. The van der Waals surface area contributed by atoms with E-state index in [1.807, 2.05) is 6.92 Å². The summed E-state index contributed by atoms with van der Waals surface area (Å²) in [5.74, 6) is 1.87. The summed E-state index contributed by atoms with van der Waals surface area (Å²) in [4.78, 5) is 8.35. The smallest absolute Gasteiger partial charge is 0.136 e. The van der Waals surface area contributed by atoms with E-state index in [2.05, 4.69) is 47.3 Å². The van der Waals surface area contributed by atoms with Crippen molar-refractivity contribution in [1.29, 1.82) is 0 Å². The molecule has 0 saturated carbocycles. The van der Waals surface area contributed by atoms with Crippen LogP contribution in [-0.4, -0.2) is 9.97 Å². The van der Waals surface area contributed by atoms with Crippen molar-refractivity contribution in [2.24, 2.45) is 0 Å². The minimum absolute atomic E-state index is 0.479. The monoisotopic (exact) mass is 242 g/mol. The average molecular weight is 242 g/mol. The molecule has 4 nitrogen and oxygen atoms in total. The molecule has 2 rings (SSSR count). The molecule has 4 heteroatoms. The Bertz CT molecular complexity index is 543. The van der Waals surface area contributed by atoms with Crippen molar-refractivity contribution in [1.82, 2.24) is 9.97 Å². The van der Waals surface area contributed by atoms with E-state index in [1.165, 1.54) is 11.1 Å². The number of anilines is 3. The fourth-order valence-electron chi connectivity index (χ4n) is 1.97. The molecule has 94 valence electrons. The second-order valence-corrected chi connectivity index (χ2v) is 4.35. The zero-order chi connectivity index (χ0) is 13.1. The van der Waals surface area contributed by atoms with Crippen LogP contribution in [0.2, 0.25) is 0 Å². The Morgan fingerprint density at radius 2 is 1.94 bits per heavy atom. The number of nitrogen functional groups attached to an aromatic ring is 1. The number of nitrogens with one attached hydrogen (secondary N) is 1. The molecule has 0 bridgehead atoms. The van der Waals surface area contributed by atoms with E-state index in [1.54, 1.807) is 6.07 Å². The molecule has 0 radical (unpaired) electrons. The largest absolute Gasteiger partial charge is 0.384 e. The van der Waals surface area contributed by atoms with E-state index in [0.29, 0.717) is 11.6 Å². The molecule has 1 heterocycles. The lowest BCUT2D eigenvalue weighted by Crippen LogP contribution is -2.01. The van der Waals surface area contributed by atoms with Gasteiger partial charge in [0.1, 0.15) is 17.5 Å². The molecule has 0 amide bonds. The van der Waals surface area contributed by atoms with Crippen molar-refractivity contribution in [2.75, 3.05) is 11.1 Å². The van der Waals surface area contributed by atoms with Crippen molar-refractivity contribution < 1.29 is 0 Å². The number of hydrogen-bond acceptors (Lipinski definition) is 4. The highest BCUT2D eigenvalue weighted by Gasteiger charge is 2.02. The summed E-state index contributed by atoms with van der Waals surface area (Å²) in [6.45, 7) is 6.10. The van der Waals surface area contributed by atoms with Gasteiger partial charge in [0.2, 0.25) is 0 Å². The standard InChI is InChI=1S/C14H18N4/c1-4-11-5-6-12(7-9(11)2)18-14-8-13(15)16-10(3)17-14/h5-8H,4H2,1-3H3,(H3,15,16,17,18). The number of nitrogens with zero attached hydrogens (tertiary/aromatic N) is 2. The summed E-state index contributed by atoms with van der Waals surface area (Å²) >= 11 is 0. The topological polar surface area (TPSA) is 63.8 Å². The maximum atomic E-state index is 5.70. The van der Waals surface area contributed by atoms with Gasteiger partial charge in [-0.25, -0.2) is 9.97 Å². The number of rotatable bonds is 3. The lowest BCUT2D eigenvalue weighted by Gasteiger charge is -2.09. The second kappa shape index (κ2) is 5.04. The van der Waals surface area contributed by atoms with Gasteiger partial charge < -0.3 is 11.1 Å². The van der Waals surface area contributed by atoms with Gasteiger partial charge in [-0.1, -0.05) is 13.0 Å². The van der Waals surface area contributed by atoms with Crippen LogP contribution in [0.15, 0.2) is 24.3 Å². The Morgan fingerprint density at radius 1 is 1.17 bits per heavy atom. The normalized spacial score (nSPS) is 10.4. The van der Waals surface area contributed by atoms with Crippen molar-refractivity contribution in [3.8, 4) is 0 Å². The maximum absolute atomic E-state index is 5.70. The van der Waals surface area contributed by atoms with Gasteiger partial charge in [-0.2, -0.15) is 0 Å². The Balaban J connectivity index is 2.25. The summed E-state index contributed by atoms with van der Waals surface area (Å²) in [7, 11) is 0. The predicted octanol–water partition coefficient (Wildman–Crippen LogP) is 2.98.